The summed E-state index contributed by atoms with van der Waals surface area (Å²) in [5.74, 6) is 0.738. The minimum Gasteiger partial charge on any atom is -0.384 e. The molecule has 2 rings (SSSR count). The molecular formula is C14H24BrN3O. The number of piperidine rings is 1. The third kappa shape index (κ3) is 3.58. The monoisotopic (exact) mass is 329 g/mol. The van der Waals surface area contributed by atoms with E-state index >= 15 is 0 Å². The van der Waals surface area contributed by atoms with Crippen LogP contribution in [-0.4, -0.2) is 41.5 Å². The van der Waals surface area contributed by atoms with Crippen LogP contribution in [0.2, 0.25) is 0 Å². The third-order valence-electron chi connectivity index (χ3n) is 3.94. The molecule has 0 aliphatic carbocycles. The summed E-state index contributed by atoms with van der Waals surface area (Å²) in [7, 11) is 1.80. The largest absolute Gasteiger partial charge is 0.384 e. The number of hydrogen-bond donors (Lipinski definition) is 0. The van der Waals surface area contributed by atoms with Gasteiger partial charge in [-0.3, -0.25) is 9.58 Å². The summed E-state index contributed by atoms with van der Waals surface area (Å²) in [6, 6.07) is 0. The van der Waals surface area contributed by atoms with Crippen molar-refractivity contribution in [2.45, 2.75) is 39.8 Å². The molecule has 1 fully saturated rings. The second-order valence-corrected chi connectivity index (χ2v) is 6.13. The first-order valence-corrected chi connectivity index (χ1v) is 7.88. The molecule has 2 heterocycles. The van der Waals surface area contributed by atoms with Crippen molar-refractivity contribution in [3.63, 3.8) is 0 Å². The molecule has 0 saturated carbocycles. The molecule has 1 aliphatic rings. The van der Waals surface area contributed by atoms with Gasteiger partial charge >= 0.3 is 0 Å². The van der Waals surface area contributed by atoms with Crippen LogP contribution in [0, 0.1) is 12.8 Å². The van der Waals surface area contributed by atoms with E-state index in [1.165, 1.54) is 23.0 Å². The fraction of sp³-hybridized carbons (Fsp3) is 0.786. The summed E-state index contributed by atoms with van der Waals surface area (Å²) in [6.45, 7) is 9.36. The molecule has 0 bridgehead atoms. The van der Waals surface area contributed by atoms with Crippen molar-refractivity contribution in [1.29, 1.82) is 0 Å². The van der Waals surface area contributed by atoms with E-state index in [-0.39, 0.29) is 0 Å². The van der Waals surface area contributed by atoms with E-state index in [2.05, 4.69) is 44.5 Å². The number of aromatic nitrogens is 2. The number of rotatable bonds is 5. The molecule has 0 N–H and O–H groups in total. The summed E-state index contributed by atoms with van der Waals surface area (Å²) >= 11 is 3.68. The van der Waals surface area contributed by atoms with Gasteiger partial charge in [-0.25, -0.2) is 0 Å². The Bertz CT molecular complexity index is 411. The normalized spacial score (nSPS) is 18.1. The highest BCUT2D eigenvalue weighted by Crippen LogP contribution is 2.25. The highest BCUT2D eigenvalue weighted by atomic mass is 79.9. The lowest BCUT2D eigenvalue weighted by atomic mass is 9.98. The molecule has 1 aliphatic heterocycles. The van der Waals surface area contributed by atoms with Crippen molar-refractivity contribution in [2.75, 3.05) is 26.8 Å². The number of nitrogens with zero attached hydrogens (tertiary/aromatic N) is 3. The molecule has 0 unspecified atom stereocenters. The van der Waals surface area contributed by atoms with Gasteiger partial charge in [-0.05, 0) is 61.6 Å². The number of methoxy groups -OCH3 is 1. The van der Waals surface area contributed by atoms with Gasteiger partial charge in [0.2, 0.25) is 0 Å². The first kappa shape index (κ1) is 15.0. The van der Waals surface area contributed by atoms with Gasteiger partial charge in [0.05, 0.1) is 15.9 Å². The average molecular weight is 330 g/mol. The Morgan fingerprint density at radius 2 is 2.05 bits per heavy atom. The van der Waals surface area contributed by atoms with E-state index < -0.39 is 0 Å². The van der Waals surface area contributed by atoms with E-state index in [0.717, 1.165) is 44.4 Å². The number of hydrogen-bond acceptors (Lipinski definition) is 3. The lowest BCUT2D eigenvalue weighted by molar-refractivity contribution is 0.0956. The van der Waals surface area contributed by atoms with Gasteiger partial charge in [-0.15, -0.1) is 0 Å². The zero-order chi connectivity index (χ0) is 13.8. The smallest absolute Gasteiger partial charge is 0.0739 e. The van der Waals surface area contributed by atoms with Crippen molar-refractivity contribution in [2.24, 2.45) is 5.92 Å². The van der Waals surface area contributed by atoms with Gasteiger partial charge in [-0.2, -0.15) is 5.10 Å². The molecule has 0 aromatic carbocycles. The zero-order valence-electron chi connectivity index (χ0n) is 12.2. The molecule has 4 nitrogen and oxygen atoms in total. The Labute approximate surface area is 124 Å². The van der Waals surface area contributed by atoms with E-state index in [4.69, 9.17) is 4.74 Å². The molecule has 0 amide bonds. The number of likely N-dealkylation sites (tertiary alicyclic amines) is 1. The molecule has 1 aromatic rings. The van der Waals surface area contributed by atoms with Crippen molar-refractivity contribution in [1.82, 2.24) is 14.7 Å². The minimum absolute atomic E-state index is 0.738. The quantitative estimate of drug-likeness (QED) is 0.832. The minimum atomic E-state index is 0.738. The molecule has 0 atom stereocenters. The summed E-state index contributed by atoms with van der Waals surface area (Å²) in [5.41, 5.74) is 2.40. The van der Waals surface area contributed by atoms with Crippen LogP contribution in [0.5, 0.6) is 0 Å². The summed E-state index contributed by atoms with van der Waals surface area (Å²) in [5, 5.41) is 4.56. The first-order chi connectivity index (χ1) is 9.15. The van der Waals surface area contributed by atoms with Crippen LogP contribution in [-0.2, 0) is 17.8 Å². The number of ether oxygens (including phenoxy) is 1. The van der Waals surface area contributed by atoms with E-state index in [9.17, 15) is 0 Å². The molecule has 19 heavy (non-hydrogen) atoms. The predicted octanol–water partition coefficient (Wildman–Crippen LogP) is 2.83. The molecule has 108 valence electrons. The van der Waals surface area contributed by atoms with Crippen LogP contribution in [0.25, 0.3) is 0 Å². The maximum absolute atomic E-state index is 5.25. The standard InChI is InChI=1S/C14H24BrN3O/c1-4-18-13(14(15)11(2)16-18)9-17-7-5-12(6-8-17)10-19-3/h12H,4-10H2,1-3H3. The Morgan fingerprint density at radius 1 is 1.37 bits per heavy atom. The highest BCUT2D eigenvalue weighted by molar-refractivity contribution is 9.10. The Hall–Kier alpha value is -0.390. The van der Waals surface area contributed by atoms with Crippen molar-refractivity contribution < 1.29 is 4.74 Å². The average Bonchev–Trinajstić information content (AvgIpc) is 2.69. The maximum Gasteiger partial charge on any atom is 0.0739 e. The molecule has 0 radical (unpaired) electrons. The van der Waals surface area contributed by atoms with Crippen molar-refractivity contribution in [3.8, 4) is 0 Å². The van der Waals surface area contributed by atoms with Gasteiger partial charge in [0.15, 0.2) is 0 Å². The predicted molar refractivity (Wildman–Crippen MR) is 80.2 cm³/mol. The molecule has 1 aromatic heterocycles. The fourth-order valence-corrected chi connectivity index (χ4v) is 3.19. The summed E-state index contributed by atoms with van der Waals surface area (Å²) in [6.07, 6.45) is 2.48. The second-order valence-electron chi connectivity index (χ2n) is 5.34. The Balaban J connectivity index is 1.95. The van der Waals surface area contributed by atoms with Crippen LogP contribution in [0.3, 0.4) is 0 Å². The SMILES string of the molecule is CCn1nc(C)c(Br)c1CN1CCC(COC)CC1. The molecule has 1 saturated heterocycles. The zero-order valence-corrected chi connectivity index (χ0v) is 13.7. The number of halogens is 1. The molecule has 5 heteroatoms. The van der Waals surface area contributed by atoms with Crippen LogP contribution in [0.4, 0.5) is 0 Å². The summed E-state index contributed by atoms with van der Waals surface area (Å²) < 4.78 is 8.54. The Morgan fingerprint density at radius 3 is 2.63 bits per heavy atom. The van der Waals surface area contributed by atoms with Gasteiger partial charge in [0.25, 0.3) is 0 Å². The lowest BCUT2D eigenvalue weighted by Crippen LogP contribution is -2.35. The topological polar surface area (TPSA) is 30.3 Å². The van der Waals surface area contributed by atoms with E-state index in [1.807, 2.05) is 0 Å². The van der Waals surface area contributed by atoms with E-state index in [0.29, 0.717) is 0 Å². The third-order valence-corrected chi connectivity index (χ3v) is 4.97. The van der Waals surface area contributed by atoms with Gasteiger partial charge in [0, 0.05) is 26.8 Å². The van der Waals surface area contributed by atoms with Gasteiger partial charge in [-0.1, -0.05) is 0 Å². The van der Waals surface area contributed by atoms with Crippen LogP contribution >= 0.6 is 15.9 Å². The van der Waals surface area contributed by atoms with Gasteiger partial charge < -0.3 is 4.74 Å². The second kappa shape index (κ2) is 6.86. The van der Waals surface area contributed by atoms with Crippen LogP contribution in [0.1, 0.15) is 31.2 Å². The Kier molecular flexibility index (Phi) is 5.42. The lowest BCUT2D eigenvalue weighted by Gasteiger charge is -2.31. The first-order valence-electron chi connectivity index (χ1n) is 7.08. The van der Waals surface area contributed by atoms with Gasteiger partial charge in [0.1, 0.15) is 0 Å². The summed E-state index contributed by atoms with van der Waals surface area (Å²) in [4.78, 5) is 2.53. The van der Waals surface area contributed by atoms with Crippen LogP contribution in [0.15, 0.2) is 4.47 Å². The van der Waals surface area contributed by atoms with Crippen molar-refractivity contribution >= 4 is 15.9 Å². The van der Waals surface area contributed by atoms with E-state index in [1.54, 1.807) is 7.11 Å². The fourth-order valence-electron chi connectivity index (χ4n) is 2.78. The van der Waals surface area contributed by atoms with Crippen LogP contribution < -0.4 is 0 Å². The van der Waals surface area contributed by atoms with Crippen molar-refractivity contribution in [3.05, 3.63) is 15.9 Å². The molecule has 0 spiro atoms. The highest BCUT2D eigenvalue weighted by Gasteiger charge is 2.21. The molecular weight excluding hydrogens is 306 g/mol. The maximum atomic E-state index is 5.25. The number of aryl methyl sites for hydroxylation is 2.